The molecule has 0 aliphatic rings. The minimum absolute atomic E-state index is 0.508. The van der Waals surface area contributed by atoms with Crippen LogP contribution in [-0.2, 0) is 0 Å². The molecule has 9 aromatic rings. The lowest BCUT2D eigenvalue weighted by molar-refractivity contribution is 0.665. The van der Waals surface area contributed by atoms with E-state index >= 15 is 0 Å². The summed E-state index contributed by atoms with van der Waals surface area (Å²) in [6, 6.07) is 43.9. The van der Waals surface area contributed by atoms with Crippen molar-refractivity contribution in [1.82, 2.24) is 4.57 Å². The molecule has 3 heterocycles. The molecule has 0 aliphatic heterocycles. The van der Waals surface area contributed by atoms with E-state index in [2.05, 4.69) is 89.5 Å². The second-order valence-electron chi connectivity index (χ2n) is 10.7. The van der Waals surface area contributed by atoms with Crippen molar-refractivity contribution >= 4 is 75.3 Å². The van der Waals surface area contributed by atoms with Crippen LogP contribution in [0.3, 0.4) is 0 Å². The molecule has 0 amide bonds. The fraction of sp³-hybridized carbons (Fsp3) is 0. The average Bonchev–Trinajstić information content (AvgIpc) is 3.73. The fourth-order valence-electron chi connectivity index (χ4n) is 6.58. The van der Waals surface area contributed by atoms with Crippen LogP contribution in [0.25, 0.3) is 80.7 Å². The lowest BCUT2D eigenvalue weighted by Gasteiger charge is -2.08. The number of thiophene rings is 1. The third-order valence-corrected chi connectivity index (χ3v) is 9.68. The highest BCUT2D eigenvalue weighted by Gasteiger charge is 2.20. The van der Waals surface area contributed by atoms with Gasteiger partial charge in [0.2, 0.25) is 0 Å². The number of rotatable bonds is 2. The molecule has 4 nitrogen and oxygen atoms in total. The Labute approximate surface area is 249 Å². The normalized spacial score (nSPS) is 11.7. The highest BCUT2D eigenvalue weighted by Crippen LogP contribution is 2.43. The lowest BCUT2D eigenvalue weighted by atomic mass is 9.98. The monoisotopic (exact) mass is 565 g/mol. The number of furan rings is 1. The molecule has 0 fully saturated rings. The largest absolute Gasteiger partial charge is 0.452 e. The number of para-hydroxylation sites is 2. The summed E-state index contributed by atoms with van der Waals surface area (Å²) in [6.07, 6.45) is 0. The molecule has 6 aromatic carbocycles. The molecule has 3 aromatic heterocycles. The van der Waals surface area contributed by atoms with E-state index < -0.39 is 0 Å². The summed E-state index contributed by atoms with van der Waals surface area (Å²) in [4.78, 5) is 0. The number of hydrogen-bond donors (Lipinski definition) is 0. The first kappa shape index (κ1) is 23.8. The van der Waals surface area contributed by atoms with Gasteiger partial charge in [0.15, 0.2) is 11.2 Å². The van der Waals surface area contributed by atoms with Crippen molar-refractivity contribution in [3.63, 3.8) is 0 Å². The van der Waals surface area contributed by atoms with Crippen molar-refractivity contribution in [2.45, 2.75) is 0 Å². The third kappa shape index (κ3) is 3.29. The van der Waals surface area contributed by atoms with Crippen LogP contribution in [0.4, 0.5) is 0 Å². The molecule has 5 heteroatoms. The predicted molar refractivity (Wildman–Crippen MR) is 176 cm³/mol. The van der Waals surface area contributed by atoms with E-state index in [0.29, 0.717) is 16.7 Å². The van der Waals surface area contributed by atoms with Crippen molar-refractivity contribution in [1.29, 1.82) is 10.5 Å². The maximum Gasteiger partial charge on any atom is 0.159 e. The SMILES string of the molecule is N#Cc1ccc2c(c1)c1ccccc1n2-c1cccc2c1oc1c(C#N)cc(-c3cccc4c3sc3ccccc34)cc12. The number of nitriles is 2. The molecular formula is C38H19N3OS. The molecular weight excluding hydrogens is 547 g/mol. The zero-order valence-electron chi connectivity index (χ0n) is 22.6. The topological polar surface area (TPSA) is 65.7 Å². The molecule has 0 atom stereocenters. The van der Waals surface area contributed by atoms with E-state index in [1.54, 1.807) is 11.3 Å². The second kappa shape index (κ2) is 8.81. The first-order valence-corrected chi connectivity index (χ1v) is 14.8. The van der Waals surface area contributed by atoms with Crippen LogP contribution in [0.15, 0.2) is 120 Å². The van der Waals surface area contributed by atoms with Gasteiger partial charge in [0, 0.05) is 41.7 Å². The smallest absolute Gasteiger partial charge is 0.159 e. The molecule has 0 aliphatic carbocycles. The Balaban J connectivity index is 1.34. The van der Waals surface area contributed by atoms with Crippen LogP contribution in [0.5, 0.6) is 0 Å². The molecule has 198 valence electrons. The standard InChI is InChI=1S/C38H19N3OS/c39-20-22-15-16-33-30(17-22)26-7-1-3-12-32(26)41(33)34-13-6-10-28-31-19-23(18-24(21-40)36(31)42-37(28)34)25-9-5-11-29-27-8-2-4-14-35(27)43-38(25)29/h1-19H. The van der Waals surface area contributed by atoms with Gasteiger partial charge in [-0.1, -0.05) is 66.7 Å². The van der Waals surface area contributed by atoms with Gasteiger partial charge in [-0.05, 0) is 59.7 Å². The van der Waals surface area contributed by atoms with Gasteiger partial charge in [-0.15, -0.1) is 11.3 Å². The van der Waals surface area contributed by atoms with Gasteiger partial charge in [0.1, 0.15) is 6.07 Å². The summed E-state index contributed by atoms with van der Waals surface area (Å²) in [7, 11) is 0. The van der Waals surface area contributed by atoms with E-state index in [1.807, 2.05) is 42.5 Å². The van der Waals surface area contributed by atoms with Gasteiger partial charge in [-0.2, -0.15) is 10.5 Å². The van der Waals surface area contributed by atoms with E-state index in [4.69, 9.17) is 4.42 Å². The Hall–Kier alpha value is -5.88. The van der Waals surface area contributed by atoms with Crippen LogP contribution in [0, 0.1) is 22.7 Å². The van der Waals surface area contributed by atoms with Gasteiger partial charge in [0.25, 0.3) is 0 Å². The van der Waals surface area contributed by atoms with E-state index in [0.717, 1.165) is 55.0 Å². The fourth-order valence-corrected chi connectivity index (χ4v) is 7.81. The zero-order valence-corrected chi connectivity index (χ0v) is 23.4. The summed E-state index contributed by atoms with van der Waals surface area (Å²) in [5.41, 5.74) is 7.45. The highest BCUT2D eigenvalue weighted by atomic mass is 32.1. The zero-order chi connectivity index (χ0) is 28.7. The minimum atomic E-state index is 0.508. The molecule has 0 N–H and O–H groups in total. The minimum Gasteiger partial charge on any atom is -0.452 e. The van der Waals surface area contributed by atoms with Gasteiger partial charge in [-0.3, -0.25) is 0 Å². The maximum atomic E-state index is 10.3. The van der Waals surface area contributed by atoms with E-state index in [9.17, 15) is 10.5 Å². The molecule has 43 heavy (non-hydrogen) atoms. The number of benzene rings is 6. The molecule has 0 saturated heterocycles. The van der Waals surface area contributed by atoms with Crippen molar-refractivity contribution in [2.24, 2.45) is 0 Å². The number of hydrogen-bond acceptors (Lipinski definition) is 4. The van der Waals surface area contributed by atoms with Crippen LogP contribution < -0.4 is 0 Å². The Morgan fingerprint density at radius 3 is 2.23 bits per heavy atom. The lowest BCUT2D eigenvalue weighted by Crippen LogP contribution is -1.94. The average molecular weight is 566 g/mol. The third-order valence-electron chi connectivity index (χ3n) is 8.46. The first-order valence-electron chi connectivity index (χ1n) is 14.0. The molecule has 0 unspecified atom stereocenters. The Morgan fingerprint density at radius 1 is 0.581 bits per heavy atom. The Bertz CT molecular complexity index is 2710. The Kier molecular flexibility index (Phi) is 4.87. The van der Waals surface area contributed by atoms with Crippen molar-refractivity contribution in [3.05, 3.63) is 126 Å². The molecule has 0 bridgehead atoms. The van der Waals surface area contributed by atoms with Gasteiger partial charge in [-0.25, -0.2) is 0 Å². The highest BCUT2D eigenvalue weighted by molar-refractivity contribution is 7.26. The van der Waals surface area contributed by atoms with Crippen molar-refractivity contribution in [2.75, 3.05) is 0 Å². The molecule has 0 saturated carbocycles. The Morgan fingerprint density at radius 2 is 1.35 bits per heavy atom. The van der Waals surface area contributed by atoms with Crippen molar-refractivity contribution < 1.29 is 4.42 Å². The summed E-state index contributed by atoms with van der Waals surface area (Å²) in [6.45, 7) is 0. The van der Waals surface area contributed by atoms with Crippen LogP contribution in [0.1, 0.15) is 11.1 Å². The van der Waals surface area contributed by atoms with Crippen LogP contribution in [0.2, 0.25) is 0 Å². The maximum absolute atomic E-state index is 10.3. The van der Waals surface area contributed by atoms with Crippen LogP contribution >= 0.6 is 11.3 Å². The first-order chi connectivity index (χ1) is 21.2. The second-order valence-corrected chi connectivity index (χ2v) is 11.8. The van der Waals surface area contributed by atoms with Gasteiger partial charge >= 0.3 is 0 Å². The van der Waals surface area contributed by atoms with Gasteiger partial charge in [0.05, 0.1) is 33.9 Å². The summed E-state index contributed by atoms with van der Waals surface area (Å²) >= 11 is 1.78. The number of nitrogens with zero attached hydrogens (tertiary/aromatic N) is 3. The summed E-state index contributed by atoms with van der Waals surface area (Å²) < 4.78 is 11.3. The summed E-state index contributed by atoms with van der Waals surface area (Å²) in [5.74, 6) is 0. The van der Waals surface area contributed by atoms with Gasteiger partial charge < -0.3 is 8.98 Å². The molecule has 0 radical (unpaired) electrons. The molecule has 9 rings (SSSR count). The van der Waals surface area contributed by atoms with Crippen LogP contribution in [-0.4, -0.2) is 4.57 Å². The van der Waals surface area contributed by atoms with E-state index in [-0.39, 0.29) is 0 Å². The van der Waals surface area contributed by atoms with Crippen molar-refractivity contribution in [3.8, 4) is 29.0 Å². The number of aromatic nitrogens is 1. The molecule has 0 spiro atoms. The van der Waals surface area contributed by atoms with E-state index in [1.165, 1.54) is 20.2 Å². The quantitative estimate of drug-likeness (QED) is 0.209. The predicted octanol–water partition coefficient (Wildman–Crippen LogP) is 10.5. The summed E-state index contributed by atoms with van der Waals surface area (Å²) in [5, 5.41) is 26.3. The number of fused-ring (bicyclic) bond motifs is 9.